The van der Waals surface area contributed by atoms with Gasteiger partial charge in [0.1, 0.15) is 0 Å². The Morgan fingerprint density at radius 1 is 0.970 bits per heavy atom. The van der Waals surface area contributed by atoms with E-state index in [9.17, 15) is 4.79 Å². The molecule has 1 fully saturated rings. The third kappa shape index (κ3) is 5.38. The lowest BCUT2D eigenvalue weighted by molar-refractivity contribution is -0.130. The van der Waals surface area contributed by atoms with E-state index < -0.39 is 0 Å². The van der Waals surface area contributed by atoms with E-state index in [0.717, 1.165) is 43.4 Å². The molecule has 4 aromatic rings. The second kappa shape index (κ2) is 10.4. The average Bonchev–Trinajstić information content (AvgIpc) is 3.62. The second-order valence-corrected chi connectivity index (χ2v) is 9.85. The molecule has 0 bridgehead atoms. The zero-order valence-electron chi connectivity index (χ0n) is 18.2. The number of thioether (sulfide) groups is 1. The van der Waals surface area contributed by atoms with Crippen molar-refractivity contribution in [1.29, 1.82) is 0 Å². The van der Waals surface area contributed by atoms with Gasteiger partial charge in [-0.1, -0.05) is 48.2 Å². The number of carbonyl (C=O) groups is 1. The number of furan rings is 1. The van der Waals surface area contributed by atoms with Crippen molar-refractivity contribution in [3.63, 3.8) is 0 Å². The summed E-state index contributed by atoms with van der Waals surface area (Å²) in [6.07, 6.45) is 1.63. The molecule has 1 aliphatic rings. The fraction of sp³-hybridized carbons (Fsp3) is 0.292. The third-order valence-electron chi connectivity index (χ3n) is 5.65. The molecule has 1 amide bonds. The Kier molecular flexibility index (Phi) is 6.89. The molecular formula is C24H25N5O2S2. The maximum atomic E-state index is 12.9. The second-order valence-electron chi connectivity index (χ2n) is 7.88. The quantitative estimate of drug-likeness (QED) is 0.355. The van der Waals surface area contributed by atoms with Crippen molar-refractivity contribution in [3.05, 3.63) is 76.7 Å². The zero-order chi connectivity index (χ0) is 22.5. The molecule has 3 aromatic heterocycles. The van der Waals surface area contributed by atoms with Crippen molar-refractivity contribution in [2.24, 2.45) is 0 Å². The first-order chi connectivity index (χ1) is 16.3. The van der Waals surface area contributed by atoms with E-state index in [1.54, 1.807) is 17.6 Å². The van der Waals surface area contributed by atoms with Crippen molar-refractivity contribution < 1.29 is 9.21 Å². The van der Waals surface area contributed by atoms with Crippen LogP contribution in [-0.2, 0) is 17.9 Å². The lowest BCUT2D eigenvalue weighted by Crippen LogP contribution is -2.48. The summed E-state index contributed by atoms with van der Waals surface area (Å²) in [5, 5.41) is 11.6. The summed E-state index contributed by atoms with van der Waals surface area (Å²) in [5.74, 6) is 1.82. The molecule has 1 saturated heterocycles. The number of piperazine rings is 1. The highest BCUT2D eigenvalue weighted by atomic mass is 32.2. The number of thiophene rings is 1. The van der Waals surface area contributed by atoms with Gasteiger partial charge in [0, 0.05) is 37.6 Å². The van der Waals surface area contributed by atoms with Crippen LogP contribution >= 0.6 is 23.1 Å². The van der Waals surface area contributed by atoms with Gasteiger partial charge in [-0.2, -0.15) is 0 Å². The minimum atomic E-state index is 0.143. The van der Waals surface area contributed by atoms with Crippen LogP contribution in [-0.4, -0.2) is 62.4 Å². The Labute approximate surface area is 201 Å². The minimum Gasteiger partial charge on any atom is -0.461 e. The predicted octanol–water partition coefficient (Wildman–Crippen LogP) is 4.08. The first kappa shape index (κ1) is 21.9. The number of hydrogen-bond donors (Lipinski definition) is 0. The van der Waals surface area contributed by atoms with Gasteiger partial charge >= 0.3 is 0 Å². The standard InChI is InChI=1S/C24H25N5O2S2/c30-22(28-12-10-27(11-13-28)17-20-8-5-15-32-20)18-33-24-26-25-23(21-9-4-14-31-21)29(24)16-19-6-2-1-3-7-19/h1-9,14-15H,10-13,16-18H2. The van der Waals surface area contributed by atoms with E-state index in [1.165, 1.54) is 16.6 Å². The first-order valence-electron chi connectivity index (χ1n) is 10.9. The fourth-order valence-corrected chi connectivity index (χ4v) is 5.47. The van der Waals surface area contributed by atoms with E-state index in [0.29, 0.717) is 23.9 Å². The molecule has 0 N–H and O–H groups in total. The molecule has 0 radical (unpaired) electrons. The smallest absolute Gasteiger partial charge is 0.233 e. The molecule has 33 heavy (non-hydrogen) atoms. The molecule has 4 heterocycles. The van der Waals surface area contributed by atoms with Gasteiger partial charge in [0.25, 0.3) is 0 Å². The molecule has 0 aliphatic carbocycles. The molecule has 0 spiro atoms. The summed E-state index contributed by atoms with van der Waals surface area (Å²) in [6.45, 7) is 4.91. The van der Waals surface area contributed by atoms with E-state index >= 15 is 0 Å². The Bertz CT molecular complexity index is 1150. The van der Waals surface area contributed by atoms with E-state index in [-0.39, 0.29) is 5.91 Å². The van der Waals surface area contributed by atoms with Gasteiger partial charge in [-0.05, 0) is 29.1 Å². The topological polar surface area (TPSA) is 67.4 Å². The van der Waals surface area contributed by atoms with Gasteiger partial charge in [-0.15, -0.1) is 21.5 Å². The van der Waals surface area contributed by atoms with Crippen molar-refractivity contribution in [1.82, 2.24) is 24.6 Å². The van der Waals surface area contributed by atoms with Crippen molar-refractivity contribution >= 4 is 29.0 Å². The SMILES string of the molecule is O=C(CSc1nnc(-c2ccco2)n1Cc1ccccc1)N1CCN(Cc2cccs2)CC1. The van der Waals surface area contributed by atoms with Crippen LogP contribution in [0.25, 0.3) is 11.6 Å². The minimum absolute atomic E-state index is 0.143. The van der Waals surface area contributed by atoms with Crippen molar-refractivity contribution in [3.8, 4) is 11.6 Å². The van der Waals surface area contributed by atoms with Crippen LogP contribution in [0.5, 0.6) is 0 Å². The first-order valence-corrected chi connectivity index (χ1v) is 12.8. The fourth-order valence-electron chi connectivity index (χ4n) is 3.89. The van der Waals surface area contributed by atoms with Crippen LogP contribution < -0.4 is 0 Å². The molecule has 170 valence electrons. The van der Waals surface area contributed by atoms with Gasteiger partial charge in [0.2, 0.25) is 11.7 Å². The van der Waals surface area contributed by atoms with Crippen LogP contribution in [0.1, 0.15) is 10.4 Å². The molecule has 7 nitrogen and oxygen atoms in total. The van der Waals surface area contributed by atoms with E-state index in [2.05, 4.69) is 44.7 Å². The normalized spacial score (nSPS) is 14.6. The molecule has 0 saturated carbocycles. The Morgan fingerprint density at radius 3 is 2.55 bits per heavy atom. The van der Waals surface area contributed by atoms with Crippen LogP contribution in [0.3, 0.4) is 0 Å². The summed E-state index contributed by atoms with van der Waals surface area (Å²) in [6, 6.07) is 18.1. The summed E-state index contributed by atoms with van der Waals surface area (Å²) < 4.78 is 7.59. The lowest BCUT2D eigenvalue weighted by atomic mass is 10.2. The number of nitrogens with zero attached hydrogens (tertiary/aromatic N) is 5. The number of aromatic nitrogens is 3. The third-order valence-corrected chi connectivity index (χ3v) is 7.46. The van der Waals surface area contributed by atoms with Crippen molar-refractivity contribution in [2.45, 2.75) is 18.2 Å². The Balaban J connectivity index is 1.22. The Hall–Kier alpha value is -2.88. The molecule has 1 aromatic carbocycles. The number of hydrogen-bond acceptors (Lipinski definition) is 7. The molecule has 0 unspecified atom stereocenters. The summed E-state index contributed by atoms with van der Waals surface area (Å²) in [4.78, 5) is 18.7. The largest absolute Gasteiger partial charge is 0.461 e. The summed E-state index contributed by atoms with van der Waals surface area (Å²) >= 11 is 3.22. The van der Waals surface area contributed by atoms with Crippen LogP contribution in [0, 0.1) is 0 Å². The molecule has 5 rings (SSSR count). The van der Waals surface area contributed by atoms with Crippen LogP contribution in [0.4, 0.5) is 0 Å². The maximum Gasteiger partial charge on any atom is 0.233 e. The highest BCUT2D eigenvalue weighted by molar-refractivity contribution is 7.99. The summed E-state index contributed by atoms with van der Waals surface area (Å²) in [5.41, 5.74) is 1.14. The van der Waals surface area contributed by atoms with Gasteiger partial charge in [0.05, 0.1) is 18.6 Å². The highest BCUT2D eigenvalue weighted by Crippen LogP contribution is 2.26. The molecule has 1 aliphatic heterocycles. The van der Waals surface area contributed by atoms with Gasteiger partial charge in [-0.25, -0.2) is 0 Å². The summed E-state index contributed by atoms with van der Waals surface area (Å²) in [7, 11) is 0. The highest BCUT2D eigenvalue weighted by Gasteiger charge is 2.23. The lowest BCUT2D eigenvalue weighted by Gasteiger charge is -2.34. The van der Waals surface area contributed by atoms with Gasteiger partial charge < -0.3 is 9.32 Å². The Morgan fingerprint density at radius 2 is 1.82 bits per heavy atom. The molecule has 9 heteroatoms. The van der Waals surface area contributed by atoms with Crippen LogP contribution in [0.2, 0.25) is 0 Å². The average molecular weight is 480 g/mol. The maximum absolute atomic E-state index is 12.9. The zero-order valence-corrected chi connectivity index (χ0v) is 19.8. The molecular weight excluding hydrogens is 454 g/mol. The number of rotatable bonds is 8. The molecule has 0 atom stereocenters. The van der Waals surface area contributed by atoms with Crippen molar-refractivity contribution in [2.75, 3.05) is 31.9 Å². The van der Waals surface area contributed by atoms with Gasteiger partial charge in [0.15, 0.2) is 10.9 Å². The predicted molar refractivity (Wildman–Crippen MR) is 130 cm³/mol. The number of benzene rings is 1. The van der Waals surface area contributed by atoms with E-state index in [4.69, 9.17) is 4.42 Å². The number of amides is 1. The number of carbonyl (C=O) groups excluding carboxylic acids is 1. The monoisotopic (exact) mass is 479 g/mol. The van der Waals surface area contributed by atoms with Crippen LogP contribution in [0.15, 0.2) is 75.8 Å². The van der Waals surface area contributed by atoms with Gasteiger partial charge in [-0.3, -0.25) is 14.3 Å². The van der Waals surface area contributed by atoms with E-state index in [1.807, 2.05) is 39.8 Å².